The maximum absolute atomic E-state index is 14.3. The molecule has 1 aliphatic heterocycles. The molecule has 30 heavy (non-hydrogen) atoms. The summed E-state index contributed by atoms with van der Waals surface area (Å²) in [5, 5.41) is 13.0. The molecule has 152 valence electrons. The number of halogens is 1. The summed E-state index contributed by atoms with van der Waals surface area (Å²) in [6.45, 7) is 1.80. The Morgan fingerprint density at radius 1 is 0.967 bits per heavy atom. The number of hydrogen-bond donors (Lipinski definition) is 0. The van der Waals surface area contributed by atoms with Crippen LogP contribution in [-0.4, -0.2) is 40.0 Å². The van der Waals surface area contributed by atoms with Crippen LogP contribution in [0.3, 0.4) is 0 Å². The molecular weight excluding hydrogens is 381 g/mol. The molecule has 2 aromatic carbocycles. The second-order valence-electron chi connectivity index (χ2n) is 7.50. The monoisotopic (exact) mass is 403 g/mol. The molecule has 0 unspecified atom stereocenters. The van der Waals surface area contributed by atoms with E-state index in [9.17, 15) is 4.39 Å². The number of rotatable bonds is 4. The Balaban J connectivity index is 1.38. The zero-order valence-corrected chi connectivity index (χ0v) is 16.7. The van der Waals surface area contributed by atoms with Gasteiger partial charge in [0.15, 0.2) is 11.5 Å². The van der Waals surface area contributed by atoms with Crippen LogP contribution < -0.4 is 9.64 Å². The zero-order chi connectivity index (χ0) is 20.5. The smallest absolute Gasteiger partial charge is 0.188 e. The number of hydrogen-bond acceptors (Lipinski definition) is 5. The number of piperidine rings is 1. The van der Waals surface area contributed by atoms with E-state index in [1.807, 2.05) is 24.3 Å². The quantitative estimate of drug-likeness (QED) is 0.508. The number of ether oxygens (including phenoxy) is 1. The van der Waals surface area contributed by atoms with Gasteiger partial charge in [-0.1, -0.05) is 24.3 Å². The topological polar surface area (TPSA) is 55.5 Å². The minimum Gasteiger partial charge on any atom is -0.497 e. The molecule has 0 aliphatic carbocycles. The van der Waals surface area contributed by atoms with Gasteiger partial charge in [-0.2, -0.15) is 4.52 Å². The molecule has 0 radical (unpaired) electrons. The van der Waals surface area contributed by atoms with Crippen LogP contribution in [0.15, 0.2) is 60.7 Å². The van der Waals surface area contributed by atoms with Crippen molar-refractivity contribution in [2.24, 2.45) is 0 Å². The van der Waals surface area contributed by atoms with Gasteiger partial charge in [-0.15, -0.1) is 15.3 Å². The van der Waals surface area contributed by atoms with Gasteiger partial charge in [0.05, 0.1) is 12.7 Å². The molecule has 4 aromatic rings. The second kappa shape index (κ2) is 7.74. The number of nitrogens with zero attached hydrogens (tertiary/aromatic N) is 5. The van der Waals surface area contributed by atoms with E-state index in [1.54, 1.807) is 29.8 Å². The van der Waals surface area contributed by atoms with E-state index >= 15 is 0 Å². The number of fused-ring (bicyclic) bond motifs is 1. The largest absolute Gasteiger partial charge is 0.497 e. The molecule has 2 aromatic heterocycles. The van der Waals surface area contributed by atoms with E-state index in [2.05, 4.69) is 27.2 Å². The molecule has 7 heteroatoms. The summed E-state index contributed by atoms with van der Waals surface area (Å²) in [4.78, 5) is 2.27. The second-order valence-corrected chi connectivity index (χ2v) is 7.50. The summed E-state index contributed by atoms with van der Waals surface area (Å²) >= 11 is 0. The first kappa shape index (κ1) is 18.5. The standard InChI is InChI=1S/C23H22FN5O/c1-30-18-6-4-5-17(15-18)16-11-13-28(14-12-16)22-10-9-21-25-26-23(29(21)27-22)19-7-2-3-8-20(19)24/h2-10,15-16H,11-14H2,1H3. The molecule has 0 saturated carbocycles. The van der Waals surface area contributed by atoms with Crippen LogP contribution >= 0.6 is 0 Å². The first-order valence-electron chi connectivity index (χ1n) is 10.1. The Morgan fingerprint density at radius 2 is 1.80 bits per heavy atom. The van der Waals surface area contributed by atoms with Crippen LogP contribution in [0.4, 0.5) is 10.2 Å². The first-order valence-corrected chi connectivity index (χ1v) is 10.1. The van der Waals surface area contributed by atoms with Crippen molar-refractivity contribution < 1.29 is 9.13 Å². The minimum absolute atomic E-state index is 0.335. The number of benzene rings is 2. The first-order chi connectivity index (χ1) is 14.7. The highest BCUT2D eigenvalue weighted by Crippen LogP contribution is 2.32. The number of aromatic nitrogens is 4. The van der Waals surface area contributed by atoms with Gasteiger partial charge >= 0.3 is 0 Å². The van der Waals surface area contributed by atoms with Crippen molar-refractivity contribution in [3.63, 3.8) is 0 Å². The predicted octanol–water partition coefficient (Wildman–Crippen LogP) is 4.32. The van der Waals surface area contributed by atoms with Gasteiger partial charge in [0, 0.05) is 13.1 Å². The highest BCUT2D eigenvalue weighted by molar-refractivity contribution is 5.60. The molecular formula is C23H22FN5O. The van der Waals surface area contributed by atoms with Crippen LogP contribution in [-0.2, 0) is 0 Å². The minimum atomic E-state index is -0.335. The Labute approximate surface area is 173 Å². The lowest BCUT2D eigenvalue weighted by Crippen LogP contribution is -2.33. The van der Waals surface area contributed by atoms with Crippen LogP contribution in [0, 0.1) is 5.82 Å². The summed E-state index contributed by atoms with van der Waals surface area (Å²) in [5.74, 6) is 2.33. The van der Waals surface area contributed by atoms with Crippen LogP contribution in [0.25, 0.3) is 17.0 Å². The van der Waals surface area contributed by atoms with Crippen molar-refractivity contribution >= 4 is 11.5 Å². The highest BCUT2D eigenvalue weighted by Gasteiger charge is 2.23. The fourth-order valence-electron chi connectivity index (χ4n) is 4.10. The third-order valence-electron chi connectivity index (χ3n) is 5.75. The molecule has 0 amide bonds. The predicted molar refractivity (Wildman–Crippen MR) is 113 cm³/mol. The SMILES string of the molecule is COc1cccc(C2CCN(c3ccc4nnc(-c5ccccc5F)n4n3)CC2)c1. The van der Waals surface area contributed by atoms with Crippen LogP contribution in [0.1, 0.15) is 24.3 Å². The fraction of sp³-hybridized carbons (Fsp3) is 0.261. The Kier molecular flexibility index (Phi) is 4.78. The van der Waals surface area contributed by atoms with Gasteiger partial charge < -0.3 is 9.64 Å². The molecule has 0 bridgehead atoms. The van der Waals surface area contributed by atoms with Crippen molar-refractivity contribution in [3.8, 4) is 17.1 Å². The molecule has 0 spiro atoms. The van der Waals surface area contributed by atoms with Crippen molar-refractivity contribution in [2.45, 2.75) is 18.8 Å². The summed E-state index contributed by atoms with van der Waals surface area (Å²) in [6, 6.07) is 18.7. The third kappa shape index (κ3) is 3.36. The summed E-state index contributed by atoms with van der Waals surface area (Å²) < 4.78 is 21.3. The Bertz CT molecular complexity index is 1180. The van der Waals surface area contributed by atoms with E-state index in [0.29, 0.717) is 23.0 Å². The molecule has 0 N–H and O–H groups in total. The van der Waals surface area contributed by atoms with E-state index in [4.69, 9.17) is 9.84 Å². The maximum atomic E-state index is 14.3. The van der Waals surface area contributed by atoms with Crippen molar-refractivity contribution in [1.82, 2.24) is 19.8 Å². The number of methoxy groups -OCH3 is 1. The third-order valence-corrected chi connectivity index (χ3v) is 5.75. The average Bonchev–Trinajstić information content (AvgIpc) is 3.22. The lowest BCUT2D eigenvalue weighted by molar-refractivity contribution is 0.412. The lowest BCUT2D eigenvalue weighted by Gasteiger charge is -2.33. The van der Waals surface area contributed by atoms with E-state index in [0.717, 1.165) is 37.5 Å². The lowest BCUT2D eigenvalue weighted by atomic mass is 9.89. The molecule has 1 saturated heterocycles. The van der Waals surface area contributed by atoms with Gasteiger partial charge in [0.1, 0.15) is 17.4 Å². The van der Waals surface area contributed by atoms with Crippen LogP contribution in [0.5, 0.6) is 5.75 Å². The summed E-state index contributed by atoms with van der Waals surface area (Å²) in [6.07, 6.45) is 2.07. The Hall–Kier alpha value is -3.48. The summed E-state index contributed by atoms with van der Waals surface area (Å²) in [5.41, 5.74) is 2.31. The van der Waals surface area contributed by atoms with Gasteiger partial charge in [-0.25, -0.2) is 4.39 Å². The maximum Gasteiger partial charge on any atom is 0.188 e. The summed E-state index contributed by atoms with van der Waals surface area (Å²) in [7, 11) is 1.70. The molecule has 3 heterocycles. The molecule has 5 rings (SSSR count). The molecule has 1 aliphatic rings. The number of anilines is 1. The highest BCUT2D eigenvalue weighted by atomic mass is 19.1. The van der Waals surface area contributed by atoms with Crippen LogP contribution in [0.2, 0.25) is 0 Å². The van der Waals surface area contributed by atoms with E-state index < -0.39 is 0 Å². The van der Waals surface area contributed by atoms with Gasteiger partial charge in [-0.05, 0) is 60.7 Å². The van der Waals surface area contributed by atoms with E-state index in [-0.39, 0.29) is 5.82 Å². The fourth-order valence-corrected chi connectivity index (χ4v) is 4.10. The average molecular weight is 403 g/mol. The van der Waals surface area contributed by atoms with Gasteiger partial charge in [0.2, 0.25) is 0 Å². The zero-order valence-electron chi connectivity index (χ0n) is 16.7. The molecule has 1 fully saturated rings. The molecule has 0 atom stereocenters. The van der Waals surface area contributed by atoms with Gasteiger partial charge in [-0.3, -0.25) is 0 Å². The normalized spacial score (nSPS) is 14.9. The van der Waals surface area contributed by atoms with Crippen molar-refractivity contribution in [1.29, 1.82) is 0 Å². The van der Waals surface area contributed by atoms with Crippen molar-refractivity contribution in [2.75, 3.05) is 25.1 Å². The van der Waals surface area contributed by atoms with Crippen molar-refractivity contribution in [3.05, 3.63) is 72.0 Å². The van der Waals surface area contributed by atoms with Gasteiger partial charge in [0.25, 0.3) is 0 Å². The Morgan fingerprint density at radius 3 is 2.60 bits per heavy atom. The molecule has 6 nitrogen and oxygen atoms in total. The van der Waals surface area contributed by atoms with E-state index in [1.165, 1.54) is 11.6 Å².